The van der Waals surface area contributed by atoms with Gasteiger partial charge in [0.1, 0.15) is 0 Å². The minimum absolute atomic E-state index is 0.231. The standard InChI is InChI=1S/C8H9NO4S/c1-9-8(10)6-2-4-7(5-3-6)14(11,12)13/h2-5H,1H3,(H,9,10)(H,11,12,13). The van der Waals surface area contributed by atoms with Crippen LogP contribution in [0, 0.1) is 0 Å². The molecule has 0 spiro atoms. The van der Waals surface area contributed by atoms with Gasteiger partial charge in [-0.15, -0.1) is 0 Å². The fraction of sp³-hybridized carbons (Fsp3) is 0.125. The van der Waals surface area contributed by atoms with Crippen molar-refractivity contribution in [1.29, 1.82) is 0 Å². The van der Waals surface area contributed by atoms with E-state index in [2.05, 4.69) is 5.32 Å². The summed E-state index contributed by atoms with van der Waals surface area (Å²) in [7, 11) is -2.71. The zero-order chi connectivity index (χ0) is 10.8. The van der Waals surface area contributed by atoms with Crippen molar-refractivity contribution in [1.82, 2.24) is 5.32 Å². The summed E-state index contributed by atoms with van der Waals surface area (Å²) in [6, 6.07) is 4.98. The van der Waals surface area contributed by atoms with Gasteiger partial charge in [0.15, 0.2) is 0 Å². The molecule has 0 saturated heterocycles. The average Bonchev–Trinajstić information content (AvgIpc) is 2.15. The van der Waals surface area contributed by atoms with E-state index in [1.807, 2.05) is 0 Å². The van der Waals surface area contributed by atoms with Crippen LogP contribution in [0.3, 0.4) is 0 Å². The maximum atomic E-state index is 11.1. The summed E-state index contributed by atoms with van der Waals surface area (Å²) in [6.07, 6.45) is 0. The van der Waals surface area contributed by atoms with Crippen LogP contribution in [0.5, 0.6) is 0 Å². The first-order valence-electron chi connectivity index (χ1n) is 3.75. The molecule has 1 aromatic rings. The molecule has 2 N–H and O–H groups in total. The first-order valence-corrected chi connectivity index (χ1v) is 5.19. The largest absolute Gasteiger partial charge is 0.355 e. The predicted octanol–water partition coefficient (Wildman–Crippen LogP) is 0.293. The summed E-state index contributed by atoms with van der Waals surface area (Å²) in [6.45, 7) is 0. The maximum absolute atomic E-state index is 11.1. The number of amides is 1. The van der Waals surface area contributed by atoms with Gasteiger partial charge in [0.05, 0.1) is 4.90 Å². The number of nitrogens with one attached hydrogen (secondary N) is 1. The van der Waals surface area contributed by atoms with Gasteiger partial charge >= 0.3 is 0 Å². The third-order valence-electron chi connectivity index (χ3n) is 1.64. The topological polar surface area (TPSA) is 83.5 Å². The first-order chi connectivity index (χ1) is 6.45. The summed E-state index contributed by atoms with van der Waals surface area (Å²) >= 11 is 0. The van der Waals surface area contributed by atoms with E-state index in [-0.39, 0.29) is 10.8 Å². The Morgan fingerprint density at radius 3 is 2.14 bits per heavy atom. The number of hydrogen-bond acceptors (Lipinski definition) is 3. The van der Waals surface area contributed by atoms with Crippen LogP contribution in [-0.4, -0.2) is 25.9 Å². The molecular formula is C8H9NO4S. The molecule has 0 atom stereocenters. The number of rotatable bonds is 2. The quantitative estimate of drug-likeness (QED) is 0.695. The molecule has 5 nitrogen and oxygen atoms in total. The van der Waals surface area contributed by atoms with E-state index in [9.17, 15) is 13.2 Å². The predicted molar refractivity (Wildman–Crippen MR) is 49.6 cm³/mol. The molecular weight excluding hydrogens is 206 g/mol. The summed E-state index contributed by atoms with van der Waals surface area (Å²) < 4.78 is 29.9. The van der Waals surface area contributed by atoms with Crippen molar-refractivity contribution in [2.75, 3.05) is 7.05 Å². The molecule has 14 heavy (non-hydrogen) atoms. The van der Waals surface area contributed by atoms with Gasteiger partial charge in [-0.2, -0.15) is 8.42 Å². The molecule has 1 rings (SSSR count). The molecule has 0 saturated carbocycles. The Hall–Kier alpha value is -1.40. The Morgan fingerprint density at radius 1 is 1.29 bits per heavy atom. The Bertz CT molecular complexity index is 435. The van der Waals surface area contributed by atoms with E-state index in [1.54, 1.807) is 0 Å². The van der Waals surface area contributed by atoms with Gasteiger partial charge in [0.25, 0.3) is 16.0 Å². The van der Waals surface area contributed by atoms with Crippen molar-refractivity contribution >= 4 is 16.0 Å². The molecule has 0 bridgehead atoms. The highest BCUT2D eigenvalue weighted by Gasteiger charge is 2.10. The lowest BCUT2D eigenvalue weighted by atomic mass is 10.2. The Labute approximate surface area is 81.5 Å². The summed E-state index contributed by atoms with van der Waals surface area (Å²) in [5, 5.41) is 2.39. The molecule has 0 aromatic heterocycles. The second kappa shape index (κ2) is 3.77. The van der Waals surface area contributed by atoms with E-state index in [1.165, 1.54) is 31.3 Å². The molecule has 0 aliphatic rings. The third kappa shape index (κ3) is 2.30. The highest BCUT2D eigenvalue weighted by Crippen LogP contribution is 2.09. The monoisotopic (exact) mass is 215 g/mol. The van der Waals surface area contributed by atoms with Crippen molar-refractivity contribution in [3.05, 3.63) is 29.8 Å². The lowest BCUT2D eigenvalue weighted by Gasteiger charge is -2.00. The molecule has 0 heterocycles. The highest BCUT2D eigenvalue weighted by molar-refractivity contribution is 7.85. The molecule has 6 heteroatoms. The van der Waals surface area contributed by atoms with Crippen molar-refractivity contribution in [2.45, 2.75) is 4.90 Å². The average molecular weight is 215 g/mol. The van der Waals surface area contributed by atoms with Crippen LogP contribution in [0.4, 0.5) is 0 Å². The van der Waals surface area contributed by atoms with Crippen LogP contribution in [0.25, 0.3) is 0 Å². The highest BCUT2D eigenvalue weighted by atomic mass is 32.2. The second-order valence-electron chi connectivity index (χ2n) is 2.58. The Morgan fingerprint density at radius 2 is 1.79 bits per heavy atom. The van der Waals surface area contributed by atoms with E-state index in [0.29, 0.717) is 5.56 Å². The van der Waals surface area contributed by atoms with Crippen molar-refractivity contribution in [3.63, 3.8) is 0 Å². The number of hydrogen-bond donors (Lipinski definition) is 2. The molecule has 0 aliphatic carbocycles. The van der Waals surface area contributed by atoms with Crippen LogP contribution in [0.1, 0.15) is 10.4 Å². The summed E-state index contributed by atoms with van der Waals surface area (Å²) in [4.78, 5) is 10.8. The SMILES string of the molecule is CNC(=O)c1ccc(S(=O)(=O)O)cc1. The first kappa shape index (κ1) is 10.7. The van der Waals surface area contributed by atoms with Gasteiger partial charge in [-0.05, 0) is 24.3 Å². The summed E-state index contributed by atoms with van der Waals surface area (Å²) in [5.74, 6) is -0.313. The van der Waals surface area contributed by atoms with Crippen molar-refractivity contribution < 1.29 is 17.8 Å². The number of carbonyl (C=O) groups excluding carboxylic acids is 1. The Balaban J connectivity index is 3.07. The van der Waals surface area contributed by atoms with Crippen LogP contribution < -0.4 is 5.32 Å². The van der Waals surface area contributed by atoms with Crippen LogP contribution in [0.15, 0.2) is 29.2 Å². The zero-order valence-electron chi connectivity index (χ0n) is 7.39. The maximum Gasteiger partial charge on any atom is 0.294 e. The molecule has 0 unspecified atom stereocenters. The van der Waals surface area contributed by atoms with E-state index in [0.717, 1.165) is 0 Å². The minimum atomic E-state index is -4.18. The number of benzene rings is 1. The van der Waals surface area contributed by atoms with Gasteiger partial charge in [-0.25, -0.2) is 0 Å². The fourth-order valence-electron chi connectivity index (χ4n) is 0.923. The van der Waals surface area contributed by atoms with Gasteiger partial charge in [-0.3, -0.25) is 9.35 Å². The molecule has 1 amide bonds. The second-order valence-corrected chi connectivity index (χ2v) is 4.00. The molecule has 0 aliphatic heterocycles. The van der Waals surface area contributed by atoms with Gasteiger partial charge in [-0.1, -0.05) is 0 Å². The third-order valence-corrected chi connectivity index (χ3v) is 2.51. The van der Waals surface area contributed by atoms with E-state index < -0.39 is 10.1 Å². The number of carbonyl (C=O) groups is 1. The molecule has 0 fully saturated rings. The van der Waals surface area contributed by atoms with Crippen LogP contribution in [0.2, 0.25) is 0 Å². The zero-order valence-corrected chi connectivity index (χ0v) is 8.21. The van der Waals surface area contributed by atoms with Crippen molar-refractivity contribution in [3.8, 4) is 0 Å². The van der Waals surface area contributed by atoms with Crippen LogP contribution in [-0.2, 0) is 10.1 Å². The van der Waals surface area contributed by atoms with Gasteiger partial charge in [0, 0.05) is 12.6 Å². The fourth-order valence-corrected chi connectivity index (χ4v) is 1.40. The molecule has 0 radical (unpaired) electrons. The van der Waals surface area contributed by atoms with Gasteiger partial charge in [0.2, 0.25) is 0 Å². The summed E-state index contributed by atoms with van der Waals surface area (Å²) in [5.41, 5.74) is 0.333. The lowest BCUT2D eigenvalue weighted by molar-refractivity contribution is 0.0963. The lowest BCUT2D eigenvalue weighted by Crippen LogP contribution is -2.17. The van der Waals surface area contributed by atoms with E-state index in [4.69, 9.17) is 4.55 Å². The Kier molecular flexibility index (Phi) is 2.87. The van der Waals surface area contributed by atoms with E-state index >= 15 is 0 Å². The van der Waals surface area contributed by atoms with Crippen LogP contribution >= 0.6 is 0 Å². The minimum Gasteiger partial charge on any atom is -0.355 e. The van der Waals surface area contributed by atoms with Gasteiger partial charge < -0.3 is 5.32 Å². The van der Waals surface area contributed by atoms with Crippen molar-refractivity contribution in [2.24, 2.45) is 0 Å². The normalized spacial score (nSPS) is 11.0. The molecule has 1 aromatic carbocycles. The molecule has 76 valence electrons. The smallest absolute Gasteiger partial charge is 0.294 e.